The molecule has 0 aliphatic carbocycles. The van der Waals surface area contributed by atoms with Crippen molar-refractivity contribution in [1.82, 2.24) is 0 Å². The highest BCUT2D eigenvalue weighted by Gasteiger charge is 2.20. The highest BCUT2D eigenvalue weighted by atomic mass is 32.2. The quantitative estimate of drug-likeness (QED) is 0.0723. The highest BCUT2D eigenvalue weighted by Crippen LogP contribution is 2.23. The van der Waals surface area contributed by atoms with Crippen molar-refractivity contribution in [2.24, 2.45) is 0 Å². The van der Waals surface area contributed by atoms with Crippen molar-refractivity contribution in [2.45, 2.75) is 9.79 Å². The second-order valence-electron chi connectivity index (χ2n) is 12.7. The van der Waals surface area contributed by atoms with Gasteiger partial charge in [0.15, 0.2) is 17.3 Å². The van der Waals surface area contributed by atoms with Crippen LogP contribution in [0.3, 0.4) is 0 Å². The van der Waals surface area contributed by atoms with Crippen molar-refractivity contribution in [3.8, 4) is 11.5 Å². The zero-order valence-corrected chi connectivity index (χ0v) is 32.8. The molecule has 6 aromatic carbocycles. The van der Waals surface area contributed by atoms with E-state index in [1.165, 1.54) is 109 Å². The Morgan fingerprint density at radius 2 is 0.828 bits per heavy atom. The van der Waals surface area contributed by atoms with E-state index >= 15 is 0 Å². The molecule has 13 heteroatoms. The molecule has 0 saturated carbocycles. The summed E-state index contributed by atoms with van der Waals surface area (Å²) in [5, 5.41) is 0. The van der Waals surface area contributed by atoms with Crippen LogP contribution in [0.4, 0.5) is 11.4 Å². The van der Waals surface area contributed by atoms with E-state index < -0.39 is 25.8 Å². The third-order valence-electron chi connectivity index (χ3n) is 8.74. The number of rotatable bonds is 16. The van der Waals surface area contributed by atoms with Crippen LogP contribution in [0, 0.1) is 0 Å². The Labute approximate surface area is 336 Å². The Morgan fingerprint density at radius 3 is 1.17 bits per heavy atom. The van der Waals surface area contributed by atoms with Crippen molar-refractivity contribution in [3.63, 3.8) is 0 Å². The summed E-state index contributed by atoms with van der Waals surface area (Å²) in [6.07, 6.45) is 6.16. The summed E-state index contributed by atoms with van der Waals surface area (Å²) in [4.78, 5) is 38.5. The second-order valence-corrected chi connectivity index (χ2v) is 16.1. The van der Waals surface area contributed by atoms with Gasteiger partial charge < -0.3 is 9.47 Å². The van der Waals surface area contributed by atoms with Gasteiger partial charge in [0.2, 0.25) is 0 Å². The van der Waals surface area contributed by atoms with Gasteiger partial charge in [-0.25, -0.2) is 16.8 Å². The summed E-state index contributed by atoms with van der Waals surface area (Å²) < 4.78 is 68.6. The topological polar surface area (TPSA) is 162 Å². The van der Waals surface area contributed by atoms with E-state index in [1.54, 1.807) is 50.6 Å². The number of carbonyl (C=O) groups excluding carboxylic acids is 3. The normalized spacial score (nSPS) is 11.6. The molecule has 292 valence electrons. The van der Waals surface area contributed by atoms with Crippen molar-refractivity contribution < 1.29 is 40.7 Å². The lowest BCUT2D eigenvalue weighted by Crippen LogP contribution is -2.15. The van der Waals surface area contributed by atoms with Crippen LogP contribution in [-0.4, -0.2) is 48.4 Å². The Hall–Kier alpha value is -7.09. The van der Waals surface area contributed by atoms with Gasteiger partial charge in [-0.3, -0.25) is 23.8 Å². The number of ketones is 3. The Morgan fingerprint density at radius 1 is 0.466 bits per heavy atom. The molecule has 0 saturated heterocycles. The lowest BCUT2D eigenvalue weighted by molar-refractivity contribution is 0.103. The smallest absolute Gasteiger partial charge is 0.261 e. The van der Waals surface area contributed by atoms with E-state index in [4.69, 9.17) is 9.47 Å². The maximum absolute atomic E-state index is 13.6. The Bertz CT molecular complexity index is 2550. The van der Waals surface area contributed by atoms with E-state index in [0.717, 1.165) is 11.1 Å². The maximum Gasteiger partial charge on any atom is 0.261 e. The van der Waals surface area contributed by atoms with Gasteiger partial charge in [-0.05, 0) is 120 Å². The second kappa shape index (κ2) is 17.8. The summed E-state index contributed by atoms with van der Waals surface area (Å²) in [5.41, 5.74) is 2.71. The number of allylic oxidation sites excluding steroid dienone is 2. The molecular formula is C45H36N2O9S2. The number of nitrogens with one attached hydrogen (secondary N) is 2. The summed E-state index contributed by atoms with van der Waals surface area (Å²) in [7, 11) is -5.22. The number of methoxy groups -OCH3 is 2. The third kappa shape index (κ3) is 10.2. The predicted molar refractivity (Wildman–Crippen MR) is 224 cm³/mol. The Kier molecular flexibility index (Phi) is 12.4. The van der Waals surface area contributed by atoms with Crippen molar-refractivity contribution >= 4 is 60.9 Å². The van der Waals surface area contributed by atoms with E-state index in [2.05, 4.69) is 9.44 Å². The van der Waals surface area contributed by atoms with Crippen LogP contribution in [0.15, 0.2) is 168 Å². The number of hydrogen-bond acceptors (Lipinski definition) is 9. The first kappa shape index (κ1) is 40.6. The highest BCUT2D eigenvalue weighted by molar-refractivity contribution is 7.93. The van der Waals surface area contributed by atoms with Gasteiger partial charge in [-0.2, -0.15) is 0 Å². The fraction of sp³-hybridized carbons (Fsp3) is 0.0444. The molecule has 0 bridgehead atoms. The molecule has 0 atom stereocenters. The van der Waals surface area contributed by atoms with Crippen LogP contribution in [0.25, 0.3) is 12.2 Å². The zero-order chi connectivity index (χ0) is 41.3. The number of carbonyl (C=O) groups is 3. The summed E-state index contributed by atoms with van der Waals surface area (Å²) >= 11 is 0. The lowest BCUT2D eigenvalue weighted by atomic mass is 10.0. The molecule has 6 aromatic rings. The fourth-order valence-corrected chi connectivity index (χ4v) is 7.78. The monoisotopic (exact) mass is 812 g/mol. The fourth-order valence-electron chi connectivity index (χ4n) is 5.58. The van der Waals surface area contributed by atoms with Gasteiger partial charge in [-0.1, -0.05) is 60.7 Å². The van der Waals surface area contributed by atoms with Crippen LogP contribution in [0.5, 0.6) is 11.5 Å². The average Bonchev–Trinajstić information content (AvgIpc) is 3.25. The Balaban J connectivity index is 1.09. The molecular weight excluding hydrogens is 777 g/mol. The first-order valence-electron chi connectivity index (χ1n) is 17.6. The molecule has 6 rings (SSSR count). The van der Waals surface area contributed by atoms with Crippen molar-refractivity contribution in [3.05, 3.63) is 191 Å². The number of ether oxygens (including phenoxy) is 2. The first-order valence-corrected chi connectivity index (χ1v) is 20.5. The minimum absolute atomic E-state index is 0.0104. The number of benzene rings is 6. The molecule has 0 aliphatic rings. The largest absolute Gasteiger partial charge is 0.497 e. The van der Waals surface area contributed by atoms with Crippen LogP contribution in [0.1, 0.15) is 47.8 Å². The van der Waals surface area contributed by atoms with Crippen LogP contribution >= 0.6 is 0 Å². The van der Waals surface area contributed by atoms with Gasteiger partial charge in [-0.15, -0.1) is 0 Å². The van der Waals surface area contributed by atoms with Crippen molar-refractivity contribution in [2.75, 3.05) is 23.7 Å². The minimum atomic E-state index is -4.18. The molecule has 0 unspecified atom stereocenters. The summed E-state index contributed by atoms with van der Waals surface area (Å²) in [5.74, 6) is 0.228. The van der Waals surface area contributed by atoms with Gasteiger partial charge >= 0.3 is 0 Å². The predicted octanol–water partition coefficient (Wildman–Crippen LogP) is 8.33. The van der Waals surface area contributed by atoms with Crippen LogP contribution in [-0.2, 0) is 20.0 Å². The molecule has 0 aliphatic heterocycles. The molecule has 0 heterocycles. The van der Waals surface area contributed by atoms with E-state index in [9.17, 15) is 31.2 Å². The molecule has 0 radical (unpaired) electrons. The van der Waals surface area contributed by atoms with Gasteiger partial charge in [0.1, 0.15) is 11.5 Å². The SMILES string of the molecule is COc1ccc(/C=C/C(=O)c2ccc(NS(=O)(=O)c3cccc(C(=O)c4cccc(S(=O)(=O)Nc5ccc(C(=O)/C=C/c6ccc(OC)cc6)cc5)c4)c3)cc2)cc1. The standard InChI is InChI=1S/C45H36N2O9S2/c1-55-39-23-9-31(10-24-39)13-27-43(48)33-15-19-37(20-16-33)46-57(51,52)41-7-3-5-35(29-41)45(50)36-6-4-8-42(30-36)58(53,54)47-38-21-17-34(18-22-38)44(49)28-14-32-11-25-40(56-2)26-12-32/h3-30,46-47H,1-2H3/b27-13+,28-14+. The molecule has 0 amide bonds. The average molecular weight is 813 g/mol. The van der Waals surface area contributed by atoms with Gasteiger partial charge in [0, 0.05) is 33.6 Å². The number of hydrogen-bond donors (Lipinski definition) is 2. The van der Waals surface area contributed by atoms with E-state index in [1.807, 2.05) is 24.3 Å². The van der Waals surface area contributed by atoms with Crippen LogP contribution < -0.4 is 18.9 Å². The molecule has 0 fully saturated rings. The minimum Gasteiger partial charge on any atom is -0.497 e. The lowest BCUT2D eigenvalue weighted by Gasteiger charge is -2.11. The molecule has 0 aromatic heterocycles. The molecule has 2 N–H and O–H groups in total. The summed E-state index contributed by atoms with van der Waals surface area (Å²) in [6.45, 7) is 0. The molecule has 0 spiro atoms. The number of sulfonamides is 2. The van der Waals surface area contributed by atoms with Gasteiger partial charge in [0.05, 0.1) is 24.0 Å². The van der Waals surface area contributed by atoms with Crippen molar-refractivity contribution in [1.29, 1.82) is 0 Å². The van der Waals surface area contributed by atoms with E-state index in [0.29, 0.717) is 22.6 Å². The number of anilines is 2. The summed E-state index contributed by atoms with van der Waals surface area (Å²) in [6, 6.07) is 36.8. The zero-order valence-electron chi connectivity index (χ0n) is 31.2. The maximum atomic E-state index is 13.6. The first-order chi connectivity index (χ1) is 27.8. The van der Waals surface area contributed by atoms with Crippen LogP contribution in [0.2, 0.25) is 0 Å². The third-order valence-corrected chi connectivity index (χ3v) is 11.5. The van der Waals surface area contributed by atoms with Gasteiger partial charge in [0.25, 0.3) is 20.0 Å². The van der Waals surface area contributed by atoms with E-state index in [-0.39, 0.29) is 43.9 Å². The molecule has 11 nitrogen and oxygen atoms in total. The molecule has 58 heavy (non-hydrogen) atoms.